The minimum atomic E-state index is 0. The molecular weight excluding hydrogens is 200 g/mol. The first-order chi connectivity index (χ1) is 6.29. The summed E-state index contributed by atoms with van der Waals surface area (Å²) in [7, 11) is 0. The van der Waals surface area contributed by atoms with E-state index in [1.807, 2.05) is 12.1 Å². The van der Waals surface area contributed by atoms with Gasteiger partial charge in [0.25, 0.3) is 0 Å². The Kier molecular flexibility index (Phi) is 3.49. The summed E-state index contributed by atoms with van der Waals surface area (Å²) in [5, 5.41) is 2.83. The van der Waals surface area contributed by atoms with Crippen molar-refractivity contribution < 1.29 is 4.79 Å². The number of rotatable bonds is 1. The van der Waals surface area contributed by atoms with Crippen LogP contribution in [-0.4, -0.2) is 5.91 Å². The SMILES string of the molecule is Cl.NCc1ccc2c(c1)CCC(=O)N2. The van der Waals surface area contributed by atoms with Crippen molar-refractivity contribution in [3.8, 4) is 0 Å². The van der Waals surface area contributed by atoms with Gasteiger partial charge in [0.2, 0.25) is 5.91 Å². The summed E-state index contributed by atoms with van der Waals surface area (Å²) in [5.41, 5.74) is 8.78. The lowest BCUT2D eigenvalue weighted by molar-refractivity contribution is -0.116. The Hall–Kier alpha value is -1.06. The van der Waals surface area contributed by atoms with Crippen LogP contribution in [0.5, 0.6) is 0 Å². The first kappa shape index (κ1) is 11.0. The van der Waals surface area contributed by atoms with E-state index in [1.165, 1.54) is 5.56 Å². The van der Waals surface area contributed by atoms with Crippen molar-refractivity contribution in [1.82, 2.24) is 0 Å². The highest BCUT2D eigenvalue weighted by Gasteiger charge is 2.13. The summed E-state index contributed by atoms with van der Waals surface area (Å²) < 4.78 is 0. The molecule has 1 aromatic carbocycles. The van der Waals surface area contributed by atoms with Gasteiger partial charge in [-0.3, -0.25) is 4.79 Å². The fraction of sp³-hybridized carbons (Fsp3) is 0.300. The molecule has 0 bridgehead atoms. The minimum Gasteiger partial charge on any atom is -0.326 e. The maximum Gasteiger partial charge on any atom is 0.224 e. The molecule has 0 saturated heterocycles. The zero-order chi connectivity index (χ0) is 9.26. The van der Waals surface area contributed by atoms with E-state index in [0.29, 0.717) is 13.0 Å². The lowest BCUT2D eigenvalue weighted by Crippen LogP contribution is -2.19. The van der Waals surface area contributed by atoms with Crippen LogP contribution in [-0.2, 0) is 17.8 Å². The minimum absolute atomic E-state index is 0. The Bertz CT molecular complexity index is 352. The fourth-order valence-corrected chi connectivity index (χ4v) is 1.56. The summed E-state index contributed by atoms with van der Waals surface area (Å²) in [6.07, 6.45) is 1.41. The molecule has 1 heterocycles. The number of hydrogen-bond donors (Lipinski definition) is 2. The zero-order valence-electron chi connectivity index (χ0n) is 7.75. The Morgan fingerprint density at radius 1 is 1.36 bits per heavy atom. The van der Waals surface area contributed by atoms with Crippen LogP contribution < -0.4 is 11.1 Å². The molecular formula is C10H13ClN2O. The number of benzene rings is 1. The van der Waals surface area contributed by atoms with Crippen molar-refractivity contribution in [2.24, 2.45) is 5.73 Å². The molecule has 1 aliphatic heterocycles. The smallest absolute Gasteiger partial charge is 0.224 e. The number of carbonyl (C=O) groups is 1. The average molecular weight is 213 g/mol. The second kappa shape index (κ2) is 4.44. The van der Waals surface area contributed by atoms with Crippen molar-refractivity contribution in [3.63, 3.8) is 0 Å². The van der Waals surface area contributed by atoms with Crippen LogP contribution in [0.25, 0.3) is 0 Å². The largest absolute Gasteiger partial charge is 0.326 e. The van der Waals surface area contributed by atoms with Gasteiger partial charge >= 0.3 is 0 Å². The van der Waals surface area contributed by atoms with E-state index in [-0.39, 0.29) is 18.3 Å². The van der Waals surface area contributed by atoms with Gasteiger partial charge in [-0.1, -0.05) is 12.1 Å². The van der Waals surface area contributed by atoms with Crippen molar-refractivity contribution in [1.29, 1.82) is 0 Å². The predicted molar refractivity (Wildman–Crippen MR) is 58.5 cm³/mol. The van der Waals surface area contributed by atoms with Crippen molar-refractivity contribution in [3.05, 3.63) is 29.3 Å². The average Bonchev–Trinajstić information content (AvgIpc) is 2.17. The predicted octanol–water partition coefficient (Wildman–Crippen LogP) is 1.45. The van der Waals surface area contributed by atoms with Crippen molar-refractivity contribution in [2.75, 3.05) is 5.32 Å². The van der Waals surface area contributed by atoms with Crippen LogP contribution in [0.3, 0.4) is 0 Å². The van der Waals surface area contributed by atoms with E-state index in [4.69, 9.17) is 5.73 Å². The van der Waals surface area contributed by atoms with E-state index in [0.717, 1.165) is 17.7 Å². The molecule has 1 aliphatic rings. The molecule has 0 fully saturated rings. The van der Waals surface area contributed by atoms with Gasteiger partial charge in [-0.05, 0) is 23.6 Å². The Labute approximate surface area is 89.1 Å². The fourth-order valence-electron chi connectivity index (χ4n) is 1.56. The third-order valence-electron chi connectivity index (χ3n) is 2.30. The molecule has 1 amide bonds. The van der Waals surface area contributed by atoms with Crippen molar-refractivity contribution >= 4 is 24.0 Å². The van der Waals surface area contributed by atoms with Gasteiger partial charge in [0, 0.05) is 18.7 Å². The number of amides is 1. The van der Waals surface area contributed by atoms with E-state index >= 15 is 0 Å². The third kappa shape index (κ3) is 2.05. The highest BCUT2D eigenvalue weighted by Crippen LogP contribution is 2.23. The van der Waals surface area contributed by atoms with Crippen LogP contribution in [0.15, 0.2) is 18.2 Å². The molecule has 1 aromatic rings. The van der Waals surface area contributed by atoms with Gasteiger partial charge < -0.3 is 11.1 Å². The van der Waals surface area contributed by atoms with Gasteiger partial charge in [-0.2, -0.15) is 0 Å². The topological polar surface area (TPSA) is 55.1 Å². The summed E-state index contributed by atoms with van der Waals surface area (Å²) >= 11 is 0. The highest BCUT2D eigenvalue weighted by atomic mass is 35.5. The Morgan fingerprint density at radius 2 is 2.14 bits per heavy atom. The molecule has 2 rings (SSSR count). The summed E-state index contributed by atoms with van der Waals surface area (Å²) in [4.78, 5) is 11.0. The lowest BCUT2D eigenvalue weighted by atomic mass is 10.0. The number of hydrogen-bond acceptors (Lipinski definition) is 2. The van der Waals surface area contributed by atoms with E-state index in [2.05, 4.69) is 11.4 Å². The second-order valence-electron chi connectivity index (χ2n) is 3.24. The molecule has 0 aliphatic carbocycles. The molecule has 3 N–H and O–H groups in total. The van der Waals surface area contributed by atoms with Crippen molar-refractivity contribution in [2.45, 2.75) is 19.4 Å². The monoisotopic (exact) mass is 212 g/mol. The van der Waals surface area contributed by atoms with Gasteiger partial charge in [0.15, 0.2) is 0 Å². The summed E-state index contributed by atoms with van der Waals surface area (Å²) in [6.45, 7) is 0.557. The first-order valence-electron chi connectivity index (χ1n) is 4.41. The van der Waals surface area contributed by atoms with Gasteiger partial charge in [-0.25, -0.2) is 0 Å². The molecule has 3 nitrogen and oxygen atoms in total. The summed E-state index contributed by atoms with van der Waals surface area (Å²) in [5.74, 6) is 0.105. The van der Waals surface area contributed by atoms with Crippen LogP contribution in [0.2, 0.25) is 0 Å². The number of nitrogens with two attached hydrogens (primary N) is 1. The van der Waals surface area contributed by atoms with Crippen LogP contribution >= 0.6 is 12.4 Å². The first-order valence-corrected chi connectivity index (χ1v) is 4.41. The maximum atomic E-state index is 11.0. The highest BCUT2D eigenvalue weighted by molar-refractivity contribution is 5.93. The molecule has 0 spiro atoms. The van der Waals surface area contributed by atoms with Crippen LogP contribution in [0.4, 0.5) is 5.69 Å². The summed E-state index contributed by atoms with van der Waals surface area (Å²) in [6, 6.07) is 5.94. The van der Waals surface area contributed by atoms with E-state index in [1.54, 1.807) is 0 Å². The molecule has 0 saturated carbocycles. The number of anilines is 1. The van der Waals surface area contributed by atoms with Gasteiger partial charge in [-0.15, -0.1) is 12.4 Å². The molecule has 76 valence electrons. The lowest BCUT2D eigenvalue weighted by Gasteiger charge is -2.17. The molecule has 14 heavy (non-hydrogen) atoms. The normalized spacial score (nSPS) is 13.9. The van der Waals surface area contributed by atoms with Crippen LogP contribution in [0, 0.1) is 0 Å². The molecule has 0 radical (unpaired) electrons. The molecule has 0 unspecified atom stereocenters. The maximum absolute atomic E-state index is 11.0. The number of halogens is 1. The number of aryl methyl sites for hydroxylation is 1. The van der Waals surface area contributed by atoms with Gasteiger partial charge in [0.1, 0.15) is 0 Å². The number of fused-ring (bicyclic) bond motifs is 1. The second-order valence-corrected chi connectivity index (χ2v) is 3.24. The third-order valence-corrected chi connectivity index (χ3v) is 2.30. The Balaban J connectivity index is 0.000000980. The molecule has 0 atom stereocenters. The Morgan fingerprint density at radius 3 is 2.86 bits per heavy atom. The molecule has 4 heteroatoms. The zero-order valence-corrected chi connectivity index (χ0v) is 8.56. The van der Waals surface area contributed by atoms with E-state index in [9.17, 15) is 4.79 Å². The van der Waals surface area contributed by atoms with E-state index < -0.39 is 0 Å². The standard InChI is InChI=1S/C10H12N2O.ClH/c11-6-7-1-3-9-8(5-7)2-4-10(13)12-9;/h1,3,5H,2,4,6,11H2,(H,12,13);1H. The van der Waals surface area contributed by atoms with Gasteiger partial charge in [0.05, 0.1) is 0 Å². The molecule has 0 aromatic heterocycles. The van der Waals surface area contributed by atoms with Crippen LogP contribution in [0.1, 0.15) is 17.5 Å². The number of nitrogens with one attached hydrogen (secondary N) is 1. The number of carbonyl (C=O) groups excluding carboxylic acids is 1. The quantitative estimate of drug-likeness (QED) is 0.741.